The van der Waals surface area contributed by atoms with E-state index in [-0.39, 0.29) is 0 Å². The van der Waals surface area contributed by atoms with Crippen molar-refractivity contribution in [1.82, 2.24) is 0 Å². The first-order valence-electron chi connectivity index (χ1n) is 4.87. The molecule has 0 bridgehead atoms. The normalized spacial score (nSPS) is 27.7. The quantitative estimate of drug-likeness (QED) is 0.540. The average molecular weight is 170 g/mol. The summed E-state index contributed by atoms with van der Waals surface area (Å²) >= 11 is 5.37. The first-order valence-corrected chi connectivity index (χ1v) is 5.28. The minimum Gasteiger partial charge on any atom is -0.0894 e. The minimum atomic E-state index is 0.769. The van der Waals surface area contributed by atoms with Gasteiger partial charge in [0.15, 0.2) is 0 Å². The molecule has 1 heteroatoms. The molecule has 0 saturated heterocycles. The van der Waals surface area contributed by atoms with Gasteiger partial charge in [0, 0.05) is 0 Å². The van der Waals surface area contributed by atoms with Crippen molar-refractivity contribution in [2.75, 3.05) is 0 Å². The summed E-state index contributed by atoms with van der Waals surface area (Å²) in [6.45, 7) is 2.26. The Balaban J connectivity index is 2.39. The molecule has 0 radical (unpaired) electrons. The Kier molecular flexibility index (Phi) is 4.06. The third-order valence-electron chi connectivity index (χ3n) is 2.67. The van der Waals surface area contributed by atoms with Crippen molar-refractivity contribution in [2.24, 2.45) is 5.92 Å². The zero-order valence-electron chi connectivity index (χ0n) is 7.44. The maximum absolute atomic E-state index is 5.37. The number of thiocarbonyl (C=S) groups is 1. The fourth-order valence-electron chi connectivity index (χ4n) is 1.84. The van der Waals surface area contributed by atoms with E-state index in [9.17, 15) is 0 Å². The Morgan fingerprint density at radius 3 is 2.73 bits per heavy atom. The Bertz CT molecular complexity index is 129. The lowest BCUT2D eigenvalue weighted by Gasteiger charge is -2.18. The molecule has 0 aromatic rings. The van der Waals surface area contributed by atoms with Gasteiger partial charge in [-0.25, -0.2) is 0 Å². The van der Waals surface area contributed by atoms with Crippen LogP contribution in [-0.2, 0) is 0 Å². The van der Waals surface area contributed by atoms with Crippen molar-refractivity contribution in [3.05, 3.63) is 0 Å². The lowest BCUT2D eigenvalue weighted by molar-refractivity contribution is 0.513. The van der Waals surface area contributed by atoms with Crippen LogP contribution in [0.1, 0.15) is 51.9 Å². The van der Waals surface area contributed by atoms with Crippen molar-refractivity contribution >= 4 is 17.1 Å². The van der Waals surface area contributed by atoms with Gasteiger partial charge in [0.25, 0.3) is 0 Å². The van der Waals surface area contributed by atoms with Crippen molar-refractivity contribution in [3.63, 3.8) is 0 Å². The molecule has 0 aliphatic heterocycles. The molecule has 0 aromatic carbocycles. The molecule has 1 aliphatic rings. The van der Waals surface area contributed by atoms with Crippen LogP contribution in [0, 0.1) is 5.92 Å². The Morgan fingerprint density at radius 1 is 1.27 bits per heavy atom. The third kappa shape index (κ3) is 2.90. The molecule has 1 aliphatic carbocycles. The topological polar surface area (TPSA) is 0 Å². The fraction of sp³-hybridized carbons (Fsp3) is 0.900. The summed E-state index contributed by atoms with van der Waals surface area (Å²) in [5.41, 5.74) is 0. The second-order valence-corrected chi connectivity index (χ2v) is 4.05. The van der Waals surface area contributed by atoms with Gasteiger partial charge in [0.05, 0.1) is 0 Å². The molecule has 0 amide bonds. The highest BCUT2D eigenvalue weighted by Gasteiger charge is 2.13. The molecule has 1 saturated carbocycles. The second kappa shape index (κ2) is 4.87. The van der Waals surface area contributed by atoms with Gasteiger partial charge in [-0.15, -0.1) is 0 Å². The van der Waals surface area contributed by atoms with Crippen molar-refractivity contribution in [3.8, 4) is 0 Å². The van der Waals surface area contributed by atoms with Crippen LogP contribution in [0.5, 0.6) is 0 Å². The van der Waals surface area contributed by atoms with Crippen molar-refractivity contribution in [2.45, 2.75) is 51.9 Å². The maximum Gasteiger partial charge on any atom is -0.00407 e. The van der Waals surface area contributed by atoms with Crippen LogP contribution >= 0.6 is 12.2 Å². The first kappa shape index (κ1) is 9.18. The van der Waals surface area contributed by atoms with E-state index in [1.807, 2.05) is 0 Å². The van der Waals surface area contributed by atoms with Crippen LogP contribution in [0.15, 0.2) is 0 Å². The Labute approximate surface area is 75.4 Å². The van der Waals surface area contributed by atoms with E-state index in [0.717, 1.165) is 5.92 Å². The average Bonchev–Trinajstić information content (AvgIpc) is 1.98. The number of rotatable bonds is 1. The zero-order chi connectivity index (χ0) is 8.10. The molecule has 0 aromatic heterocycles. The van der Waals surface area contributed by atoms with Crippen LogP contribution in [0.25, 0.3) is 0 Å². The molecule has 0 N–H and O–H groups in total. The summed E-state index contributed by atoms with van der Waals surface area (Å²) < 4.78 is 0. The summed E-state index contributed by atoms with van der Waals surface area (Å²) in [4.78, 5) is 1.35. The lowest BCUT2D eigenvalue weighted by Crippen LogP contribution is -2.13. The summed E-state index contributed by atoms with van der Waals surface area (Å²) in [6, 6.07) is 0. The van der Waals surface area contributed by atoms with E-state index >= 15 is 0 Å². The van der Waals surface area contributed by atoms with Crippen LogP contribution in [0.4, 0.5) is 0 Å². The number of hydrogen-bond acceptors (Lipinski definition) is 1. The minimum absolute atomic E-state index is 0.769. The largest absolute Gasteiger partial charge is 0.0894 e. The van der Waals surface area contributed by atoms with Crippen LogP contribution < -0.4 is 0 Å². The predicted octanol–water partition coefficient (Wildman–Crippen LogP) is 3.74. The molecule has 0 heterocycles. The first-order chi connectivity index (χ1) is 5.34. The van der Waals surface area contributed by atoms with Gasteiger partial charge in [-0.2, -0.15) is 0 Å². The molecule has 1 fully saturated rings. The molecular weight excluding hydrogens is 152 g/mol. The summed E-state index contributed by atoms with van der Waals surface area (Å²) in [5, 5.41) is 0. The highest BCUT2D eigenvalue weighted by Crippen LogP contribution is 2.22. The highest BCUT2D eigenvalue weighted by molar-refractivity contribution is 7.80. The second-order valence-electron chi connectivity index (χ2n) is 3.52. The summed E-state index contributed by atoms with van der Waals surface area (Å²) in [5.74, 6) is 0.769. The van der Waals surface area contributed by atoms with E-state index in [4.69, 9.17) is 12.2 Å². The highest BCUT2D eigenvalue weighted by atomic mass is 32.1. The molecule has 1 rings (SSSR count). The fourth-order valence-corrected chi connectivity index (χ4v) is 2.27. The molecule has 0 spiro atoms. The van der Waals surface area contributed by atoms with E-state index < -0.39 is 0 Å². The van der Waals surface area contributed by atoms with Gasteiger partial charge in [-0.05, 0) is 36.5 Å². The molecule has 1 unspecified atom stereocenters. The van der Waals surface area contributed by atoms with E-state index in [1.54, 1.807) is 0 Å². The molecule has 1 atom stereocenters. The van der Waals surface area contributed by atoms with Gasteiger partial charge in [-0.1, -0.05) is 38.4 Å². The van der Waals surface area contributed by atoms with Crippen LogP contribution in [-0.4, -0.2) is 4.86 Å². The van der Waals surface area contributed by atoms with Gasteiger partial charge >= 0.3 is 0 Å². The van der Waals surface area contributed by atoms with Gasteiger partial charge in [0.2, 0.25) is 0 Å². The van der Waals surface area contributed by atoms with E-state index in [0.29, 0.717) is 0 Å². The van der Waals surface area contributed by atoms with Crippen LogP contribution in [0.3, 0.4) is 0 Å². The molecule has 11 heavy (non-hydrogen) atoms. The third-order valence-corrected chi connectivity index (χ3v) is 3.21. The monoisotopic (exact) mass is 170 g/mol. The summed E-state index contributed by atoms with van der Waals surface area (Å²) in [6.07, 6.45) is 9.41. The standard InChI is InChI=1S/C10H18S/c1-2-9-7-5-3-4-6-8-10(9)11/h9H,2-8H2,1H3. The summed E-state index contributed by atoms with van der Waals surface area (Å²) in [7, 11) is 0. The maximum atomic E-state index is 5.37. The molecular formula is C10H18S. The Morgan fingerprint density at radius 2 is 2.00 bits per heavy atom. The lowest BCUT2D eigenvalue weighted by atomic mass is 9.89. The molecule has 64 valence electrons. The molecule has 0 nitrogen and oxygen atoms in total. The van der Waals surface area contributed by atoms with Crippen LogP contribution in [0.2, 0.25) is 0 Å². The van der Waals surface area contributed by atoms with Crippen molar-refractivity contribution in [1.29, 1.82) is 0 Å². The zero-order valence-corrected chi connectivity index (χ0v) is 8.25. The van der Waals surface area contributed by atoms with Gasteiger partial charge < -0.3 is 0 Å². The van der Waals surface area contributed by atoms with Crippen molar-refractivity contribution < 1.29 is 0 Å². The predicted molar refractivity (Wildman–Crippen MR) is 54.1 cm³/mol. The number of hydrogen-bond donors (Lipinski definition) is 0. The van der Waals surface area contributed by atoms with E-state index in [1.165, 1.54) is 49.8 Å². The Hall–Kier alpha value is 0.0900. The van der Waals surface area contributed by atoms with Gasteiger partial charge in [0.1, 0.15) is 0 Å². The van der Waals surface area contributed by atoms with Gasteiger partial charge in [-0.3, -0.25) is 0 Å². The smallest absolute Gasteiger partial charge is 0.00407 e. The SMILES string of the molecule is CCC1CCCCCCC1=S. The van der Waals surface area contributed by atoms with E-state index in [2.05, 4.69) is 6.92 Å².